The summed E-state index contributed by atoms with van der Waals surface area (Å²) in [6.07, 6.45) is 0.357. The predicted octanol–water partition coefficient (Wildman–Crippen LogP) is 2.67. The lowest BCUT2D eigenvalue weighted by atomic mass is 10.0. The van der Waals surface area contributed by atoms with E-state index in [4.69, 9.17) is 5.26 Å². The van der Waals surface area contributed by atoms with Crippen LogP contribution in [0.2, 0.25) is 0 Å². The summed E-state index contributed by atoms with van der Waals surface area (Å²) in [4.78, 5) is 11.3. The first kappa shape index (κ1) is 13.6. The van der Waals surface area contributed by atoms with Gasteiger partial charge in [0.05, 0.1) is 11.6 Å². The van der Waals surface area contributed by atoms with Gasteiger partial charge in [-0.1, -0.05) is 30.3 Å². The maximum Gasteiger partial charge on any atom is 0.326 e. The van der Waals surface area contributed by atoms with E-state index in [0.29, 0.717) is 12.0 Å². The lowest BCUT2D eigenvalue weighted by Gasteiger charge is -2.15. The number of benzene rings is 2. The van der Waals surface area contributed by atoms with Gasteiger partial charge < -0.3 is 10.4 Å². The fourth-order valence-electron chi connectivity index (χ4n) is 1.89. The Labute approximate surface area is 117 Å². The van der Waals surface area contributed by atoms with Crippen molar-refractivity contribution in [2.24, 2.45) is 0 Å². The van der Waals surface area contributed by atoms with Gasteiger partial charge in [-0.05, 0) is 29.8 Å². The van der Waals surface area contributed by atoms with E-state index in [2.05, 4.69) is 5.32 Å². The number of hydrogen-bond donors (Lipinski definition) is 2. The van der Waals surface area contributed by atoms with Gasteiger partial charge in [0.25, 0.3) is 0 Å². The monoisotopic (exact) mass is 266 g/mol. The summed E-state index contributed by atoms with van der Waals surface area (Å²) in [5.74, 6) is -0.904. The highest BCUT2D eigenvalue weighted by Gasteiger charge is 2.17. The number of hydrogen-bond acceptors (Lipinski definition) is 3. The van der Waals surface area contributed by atoms with E-state index in [-0.39, 0.29) is 0 Å². The first-order valence-corrected chi connectivity index (χ1v) is 6.22. The predicted molar refractivity (Wildman–Crippen MR) is 76.3 cm³/mol. The van der Waals surface area contributed by atoms with E-state index in [1.54, 1.807) is 24.3 Å². The van der Waals surface area contributed by atoms with Crippen LogP contribution < -0.4 is 5.32 Å². The molecule has 0 aromatic heterocycles. The van der Waals surface area contributed by atoms with Crippen molar-refractivity contribution in [1.82, 2.24) is 0 Å². The van der Waals surface area contributed by atoms with E-state index in [1.165, 1.54) is 0 Å². The Morgan fingerprint density at radius 1 is 1.15 bits per heavy atom. The van der Waals surface area contributed by atoms with Crippen LogP contribution in [0.25, 0.3) is 0 Å². The lowest BCUT2D eigenvalue weighted by Crippen LogP contribution is -2.31. The van der Waals surface area contributed by atoms with E-state index in [9.17, 15) is 9.90 Å². The topological polar surface area (TPSA) is 73.1 Å². The summed E-state index contributed by atoms with van der Waals surface area (Å²) in [6.45, 7) is 0. The van der Waals surface area contributed by atoms with Crippen LogP contribution in [0.5, 0.6) is 0 Å². The molecule has 4 heteroatoms. The van der Waals surface area contributed by atoms with Crippen molar-refractivity contribution in [3.63, 3.8) is 0 Å². The molecule has 0 amide bonds. The minimum Gasteiger partial charge on any atom is -0.480 e. The third kappa shape index (κ3) is 3.59. The maximum atomic E-state index is 11.3. The molecule has 2 aromatic carbocycles. The molecule has 100 valence electrons. The number of rotatable bonds is 5. The molecule has 0 fully saturated rings. The van der Waals surface area contributed by atoms with Crippen LogP contribution in [0.15, 0.2) is 54.6 Å². The Kier molecular flexibility index (Phi) is 4.35. The summed E-state index contributed by atoms with van der Waals surface area (Å²) in [5.41, 5.74) is 2.21. The third-order valence-corrected chi connectivity index (χ3v) is 2.94. The van der Waals surface area contributed by atoms with E-state index in [1.807, 2.05) is 36.4 Å². The molecule has 0 aliphatic heterocycles. The third-order valence-electron chi connectivity index (χ3n) is 2.94. The van der Waals surface area contributed by atoms with Gasteiger partial charge in [-0.25, -0.2) is 4.79 Å². The van der Waals surface area contributed by atoms with Crippen LogP contribution in [0, 0.1) is 11.3 Å². The molecule has 0 saturated heterocycles. The number of carboxylic acid groups (broad SMARTS) is 1. The maximum absolute atomic E-state index is 11.3. The van der Waals surface area contributed by atoms with Crippen LogP contribution >= 0.6 is 0 Å². The van der Waals surface area contributed by atoms with Crippen molar-refractivity contribution in [3.8, 4) is 6.07 Å². The molecule has 0 spiro atoms. The van der Waals surface area contributed by atoms with Gasteiger partial charge in [0.2, 0.25) is 0 Å². The number of carboxylic acids is 1. The zero-order valence-electron chi connectivity index (χ0n) is 10.8. The first-order chi connectivity index (χ1) is 9.69. The molecule has 2 N–H and O–H groups in total. The van der Waals surface area contributed by atoms with Crippen molar-refractivity contribution in [1.29, 1.82) is 5.26 Å². The number of carbonyl (C=O) groups is 1. The highest BCUT2D eigenvalue weighted by molar-refractivity contribution is 5.77. The highest BCUT2D eigenvalue weighted by Crippen LogP contribution is 2.12. The zero-order valence-corrected chi connectivity index (χ0v) is 10.8. The normalized spacial score (nSPS) is 11.3. The summed E-state index contributed by atoms with van der Waals surface area (Å²) < 4.78 is 0. The van der Waals surface area contributed by atoms with Crippen LogP contribution in [0.4, 0.5) is 5.69 Å². The smallest absolute Gasteiger partial charge is 0.326 e. The van der Waals surface area contributed by atoms with Crippen LogP contribution in [-0.2, 0) is 11.2 Å². The van der Waals surface area contributed by atoms with E-state index < -0.39 is 12.0 Å². The van der Waals surface area contributed by atoms with E-state index >= 15 is 0 Å². The summed E-state index contributed by atoms with van der Waals surface area (Å²) in [7, 11) is 0. The minimum absolute atomic E-state index is 0.357. The van der Waals surface area contributed by atoms with Gasteiger partial charge in [0.1, 0.15) is 6.04 Å². The number of anilines is 1. The molecule has 0 heterocycles. The molecule has 0 bridgehead atoms. The number of nitrogens with zero attached hydrogens (tertiary/aromatic N) is 1. The number of nitrogens with one attached hydrogen (secondary N) is 1. The largest absolute Gasteiger partial charge is 0.480 e. The molecule has 20 heavy (non-hydrogen) atoms. The van der Waals surface area contributed by atoms with Crippen molar-refractivity contribution >= 4 is 11.7 Å². The van der Waals surface area contributed by atoms with Crippen molar-refractivity contribution < 1.29 is 9.90 Å². The number of para-hydroxylation sites is 1. The quantitative estimate of drug-likeness (QED) is 0.872. The van der Waals surface area contributed by atoms with Crippen LogP contribution in [-0.4, -0.2) is 17.1 Å². The number of aliphatic carboxylic acids is 1. The van der Waals surface area contributed by atoms with Crippen LogP contribution in [0.3, 0.4) is 0 Å². The Bertz CT molecular complexity index is 615. The summed E-state index contributed by atoms with van der Waals surface area (Å²) in [6, 6.07) is 17.5. The molecule has 2 aromatic rings. The van der Waals surface area contributed by atoms with Crippen molar-refractivity contribution in [2.45, 2.75) is 12.5 Å². The Balaban J connectivity index is 2.09. The second-order valence-electron chi connectivity index (χ2n) is 4.41. The molecule has 0 aliphatic rings. The molecule has 0 aliphatic carbocycles. The van der Waals surface area contributed by atoms with Gasteiger partial charge in [0, 0.05) is 12.1 Å². The summed E-state index contributed by atoms with van der Waals surface area (Å²) >= 11 is 0. The van der Waals surface area contributed by atoms with Crippen molar-refractivity contribution in [2.75, 3.05) is 5.32 Å². The molecule has 0 saturated carbocycles. The van der Waals surface area contributed by atoms with Crippen molar-refractivity contribution in [3.05, 3.63) is 65.7 Å². The lowest BCUT2D eigenvalue weighted by molar-refractivity contribution is -0.137. The molecular weight excluding hydrogens is 252 g/mol. The second-order valence-corrected chi connectivity index (χ2v) is 4.41. The Hall–Kier alpha value is -2.80. The van der Waals surface area contributed by atoms with Gasteiger partial charge in [-0.3, -0.25) is 0 Å². The second kappa shape index (κ2) is 6.39. The van der Waals surface area contributed by atoms with Gasteiger partial charge in [0.15, 0.2) is 0 Å². The minimum atomic E-state index is -0.904. The first-order valence-electron chi connectivity index (χ1n) is 6.22. The fraction of sp³-hybridized carbons (Fsp3) is 0.125. The average Bonchev–Trinajstić information content (AvgIpc) is 2.48. The van der Waals surface area contributed by atoms with Crippen LogP contribution in [0.1, 0.15) is 11.1 Å². The Morgan fingerprint density at radius 3 is 2.35 bits per heavy atom. The average molecular weight is 266 g/mol. The SMILES string of the molecule is N#Cc1ccc(CC(Nc2ccccc2)C(=O)O)cc1. The molecular formula is C16H14N2O2. The van der Waals surface area contributed by atoms with Gasteiger partial charge >= 0.3 is 5.97 Å². The van der Waals surface area contributed by atoms with E-state index in [0.717, 1.165) is 11.3 Å². The molecule has 2 rings (SSSR count). The Morgan fingerprint density at radius 2 is 1.80 bits per heavy atom. The number of nitriles is 1. The standard InChI is InChI=1S/C16H14N2O2/c17-11-13-8-6-12(7-9-13)10-15(16(19)20)18-14-4-2-1-3-5-14/h1-9,15,18H,10H2,(H,19,20). The molecule has 4 nitrogen and oxygen atoms in total. The van der Waals surface area contributed by atoms with Gasteiger partial charge in [-0.2, -0.15) is 5.26 Å². The molecule has 1 atom stereocenters. The molecule has 1 unspecified atom stereocenters. The highest BCUT2D eigenvalue weighted by atomic mass is 16.4. The summed E-state index contributed by atoms with van der Waals surface area (Å²) in [5, 5.41) is 21.0. The fourth-order valence-corrected chi connectivity index (χ4v) is 1.89. The molecule has 0 radical (unpaired) electrons. The van der Waals surface area contributed by atoms with Gasteiger partial charge in [-0.15, -0.1) is 0 Å². The zero-order chi connectivity index (χ0) is 14.4.